The van der Waals surface area contributed by atoms with Gasteiger partial charge in [0, 0.05) is 30.4 Å². The Kier molecular flexibility index (Phi) is 5.77. The first-order chi connectivity index (χ1) is 13.8. The highest BCUT2D eigenvalue weighted by Gasteiger charge is 2.13. The fourth-order valence-corrected chi connectivity index (χ4v) is 2.55. The predicted octanol–water partition coefficient (Wildman–Crippen LogP) is 4.02. The number of rotatable bonds is 5. The first-order valence-electron chi connectivity index (χ1n) is 8.57. The van der Waals surface area contributed by atoms with Gasteiger partial charge in [0.1, 0.15) is 29.0 Å². The van der Waals surface area contributed by atoms with Gasteiger partial charge in [0.2, 0.25) is 5.91 Å². The lowest BCUT2D eigenvalue weighted by Gasteiger charge is -2.10. The zero-order valence-electron chi connectivity index (χ0n) is 15.6. The number of hydrogen-bond acceptors (Lipinski definition) is 5. The molecule has 0 saturated heterocycles. The summed E-state index contributed by atoms with van der Waals surface area (Å²) in [6.45, 7) is 2.97. The SMILES string of the molecule is CC(=O)Nc1cccc(NC(=O)c2cc(Nc3ccc(F)cc3F)nc(C)n2)c1. The van der Waals surface area contributed by atoms with E-state index in [2.05, 4.69) is 25.9 Å². The first kappa shape index (κ1) is 19.9. The van der Waals surface area contributed by atoms with Gasteiger partial charge in [-0.25, -0.2) is 18.7 Å². The molecular weight excluding hydrogens is 380 g/mol. The quantitative estimate of drug-likeness (QED) is 0.604. The van der Waals surface area contributed by atoms with Crippen LogP contribution in [0.1, 0.15) is 23.2 Å². The van der Waals surface area contributed by atoms with E-state index in [1.807, 2.05) is 0 Å². The average molecular weight is 397 g/mol. The second-order valence-electron chi connectivity index (χ2n) is 6.15. The van der Waals surface area contributed by atoms with Crippen LogP contribution in [0.3, 0.4) is 0 Å². The Balaban J connectivity index is 1.80. The minimum atomic E-state index is -0.790. The standard InChI is InChI=1S/C20H17F2N5O2/c1-11-23-18(10-19(24-11)27-17-7-6-13(21)8-16(17)22)20(29)26-15-5-3-4-14(9-15)25-12(2)28/h3-10H,1-2H3,(H,25,28)(H,26,29)(H,23,24,27). The molecule has 148 valence electrons. The van der Waals surface area contributed by atoms with Crippen LogP contribution in [0.5, 0.6) is 0 Å². The topological polar surface area (TPSA) is 96.0 Å². The molecule has 7 nitrogen and oxygen atoms in total. The van der Waals surface area contributed by atoms with Crippen LogP contribution in [-0.2, 0) is 4.79 Å². The van der Waals surface area contributed by atoms with Gasteiger partial charge in [-0.2, -0.15) is 0 Å². The summed E-state index contributed by atoms with van der Waals surface area (Å²) in [4.78, 5) is 32.0. The molecule has 1 aromatic heterocycles. The smallest absolute Gasteiger partial charge is 0.274 e. The monoisotopic (exact) mass is 397 g/mol. The van der Waals surface area contributed by atoms with Crippen LogP contribution in [0.4, 0.5) is 31.7 Å². The summed E-state index contributed by atoms with van der Waals surface area (Å²) in [5.74, 6) is -1.77. The van der Waals surface area contributed by atoms with Crippen molar-refractivity contribution in [2.24, 2.45) is 0 Å². The zero-order chi connectivity index (χ0) is 21.0. The van der Waals surface area contributed by atoms with Gasteiger partial charge in [0.05, 0.1) is 5.69 Å². The molecule has 0 fully saturated rings. The molecule has 2 aromatic carbocycles. The van der Waals surface area contributed by atoms with E-state index >= 15 is 0 Å². The van der Waals surface area contributed by atoms with Gasteiger partial charge in [0.25, 0.3) is 5.91 Å². The van der Waals surface area contributed by atoms with Crippen molar-refractivity contribution in [2.45, 2.75) is 13.8 Å². The largest absolute Gasteiger partial charge is 0.338 e. The summed E-state index contributed by atoms with van der Waals surface area (Å²) in [7, 11) is 0. The summed E-state index contributed by atoms with van der Waals surface area (Å²) in [5.41, 5.74) is 1.05. The van der Waals surface area contributed by atoms with Gasteiger partial charge in [0.15, 0.2) is 0 Å². The van der Waals surface area contributed by atoms with Gasteiger partial charge in [-0.1, -0.05) is 6.07 Å². The molecule has 3 rings (SSSR count). The number of amides is 2. The molecule has 0 atom stereocenters. The van der Waals surface area contributed by atoms with Crippen molar-refractivity contribution in [2.75, 3.05) is 16.0 Å². The first-order valence-corrected chi connectivity index (χ1v) is 8.57. The maximum absolute atomic E-state index is 13.9. The molecule has 0 saturated carbocycles. The lowest BCUT2D eigenvalue weighted by Crippen LogP contribution is -2.16. The molecule has 2 amide bonds. The summed E-state index contributed by atoms with van der Waals surface area (Å²) in [6.07, 6.45) is 0. The van der Waals surface area contributed by atoms with Crippen LogP contribution in [0.25, 0.3) is 0 Å². The normalized spacial score (nSPS) is 10.3. The van der Waals surface area contributed by atoms with Crippen molar-refractivity contribution < 1.29 is 18.4 Å². The molecule has 3 aromatic rings. The lowest BCUT2D eigenvalue weighted by atomic mass is 10.2. The molecule has 1 heterocycles. The molecule has 0 spiro atoms. The minimum absolute atomic E-state index is 0.0128. The van der Waals surface area contributed by atoms with Crippen molar-refractivity contribution in [3.8, 4) is 0 Å². The van der Waals surface area contributed by atoms with E-state index in [0.717, 1.165) is 12.1 Å². The van der Waals surface area contributed by atoms with Crippen molar-refractivity contribution in [1.82, 2.24) is 9.97 Å². The number of aromatic nitrogens is 2. The Labute approximate surface area is 165 Å². The third-order valence-electron chi connectivity index (χ3n) is 3.71. The molecule has 0 unspecified atom stereocenters. The second-order valence-corrected chi connectivity index (χ2v) is 6.15. The molecule has 0 aliphatic rings. The number of anilines is 4. The van der Waals surface area contributed by atoms with Gasteiger partial charge in [-0.3, -0.25) is 9.59 Å². The molecular formula is C20H17F2N5O2. The highest BCUT2D eigenvalue weighted by molar-refractivity contribution is 6.03. The number of carbonyl (C=O) groups excluding carboxylic acids is 2. The molecule has 0 radical (unpaired) electrons. The molecule has 0 aliphatic heterocycles. The number of carbonyl (C=O) groups is 2. The number of benzene rings is 2. The molecule has 3 N–H and O–H groups in total. The van der Waals surface area contributed by atoms with E-state index in [1.165, 1.54) is 19.1 Å². The Morgan fingerprint density at radius 2 is 1.66 bits per heavy atom. The van der Waals surface area contributed by atoms with Crippen LogP contribution in [0.15, 0.2) is 48.5 Å². The summed E-state index contributed by atoms with van der Waals surface area (Å²) < 4.78 is 26.9. The number of halogens is 2. The molecule has 29 heavy (non-hydrogen) atoms. The average Bonchev–Trinajstić information content (AvgIpc) is 2.63. The highest BCUT2D eigenvalue weighted by Crippen LogP contribution is 2.21. The van der Waals surface area contributed by atoms with Crippen molar-refractivity contribution in [3.05, 3.63) is 71.7 Å². The zero-order valence-corrected chi connectivity index (χ0v) is 15.6. The van der Waals surface area contributed by atoms with Gasteiger partial charge >= 0.3 is 0 Å². The van der Waals surface area contributed by atoms with E-state index in [4.69, 9.17) is 0 Å². The van der Waals surface area contributed by atoms with Gasteiger partial charge < -0.3 is 16.0 Å². The third-order valence-corrected chi connectivity index (χ3v) is 3.71. The Bertz CT molecular complexity index is 1090. The van der Waals surface area contributed by atoms with E-state index < -0.39 is 17.5 Å². The predicted molar refractivity (Wildman–Crippen MR) is 105 cm³/mol. The maximum atomic E-state index is 13.9. The number of hydrogen-bond donors (Lipinski definition) is 3. The fraction of sp³-hybridized carbons (Fsp3) is 0.100. The van der Waals surface area contributed by atoms with E-state index in [0.29, 0.717) is 11.4 Å². The van der Waals surface area contributed by atoms with Crippen LogP contribution < -0.4 is 16.0 Å². The summed E-state index contributed by atoms with van der Waals surface area (Å²) >= 11 is 0. The van der Waals surface area contributed by atoms with Crippen LogP contribution >= 0.6 is 0 Å². The maximum Gasteiger partial charge on any atom is 0.274 e. The van der Waals surface area contributed by atoms with Crippen LogP contribution in [0, 0.1) is 18.6 Å². The highest BCUT2D eigenvalue weighted by atomic mass is 19.1. The van der Waals surface area contributed by atoms with Crippen molar-refractivity contribution >= 4 is 34.7 Å². The number of aryl methyl sites for hydroxylation is 1. The Morgan fingerprint density at radius 1 is 0.931 bits per heavy atom. The molecule has 0 bridgehead atoms. The van der Waals surface area contributed by atoms with Gasteiger partial charge in [-0.05, 0) is 37.3 Å². The second kappa shape index (κ2) is 8.42. The summed E-state index contributed by atoms with van der Waals surface area (Å²) in [6, 6.07) is 11.0. The minimum Gasteiger partial charge on any atom is -0.338 e. The van der Waals surface area contributed by atoms with Gasteiger partial charge in [-0.15, -0.1) is 0 Å². The third kappa shape index (κ3) is 5.32. The van der Waals surface area contributed by atoms with E-state index in [1.54, 1.807) is 31.2 Å². The molecule has 9 heteroatoms. The summed E-state index contributed by atoms with van der Waals surface area (Å²) in [5, 5.41) is 8.01. The molecule has 0 aliphatic carbocycles. The lowest BCUT2D eigenvalue weighted by molar-refractivity contribution is -0.114. The Morgan fingerprint density at radius 3 is 2.34 bits per heavy atom. The van der Waals surface area contributed by atoms with Crippen LogP contribution in [-0.4, -0.2) is 21.8 Å². The van der Waals surface area contributed by atoms with Crippen molar-refractivity contribution in [1.29, 1.82) is 0 Å². The number of nitrogens with one attached hydrogen (secondary N) is 3. The van der Waals surface area contributed by atoms with Crippen molar-refractivity contribution in [3.63, 3.8) is 0 Å². The van der Waals surface area contributed by atoms with E-state index in [-0.39, 0.29) is 28.9 Å². The Hall–Kier alpha value is -3.88. The van der Waals surface area contributed by atoms with E-state index in [9.17, 15) is 18.4 Å². The van der Waals surface area contributed by atoms with Crippen LogP contribution in [0.2, 0.25) is 0 Å². The fourth-order valence-electron chi connectivity index (χ4n) is 2.55. The number of nitrogens with zero attached hydrogens (tertiary/aromatic N) is 2.